The Labute approximate surface area is 201 Å². The molecule has 2 atom stereocenters. The minimum atomic E-state index is -0.399. The quantitative estimate of drug-likeness (QED) is 0.433. The van der Waals surface area contributed by atoms with Crippen molar-refractivity contribution in [3.63, 3.8) is 0 Å². The fourth-order valence-electron chi connectivity index (χ4n) is 4.62. The summed E-state index contributed by atoms with van der Waals surface area (Å²) in [5.74, 6) is -0.0180. The molecule has 3 fully saturated rings. The van der Waals surface area contributed by atoms with Gasteiger partial charge >= 0.3 is 0 Å². The Balaban J connectivity index is 1.10. The monoisotopic (exact) mass is 497 g/mol. The number of carbonyl (C=O) groups excluding carboxylic acids is 1. The van der Waals surface area contributed by atoms with E-state index < -0.39 is 5.82 Å². The van der Waals surface area contributed by atoms with Crippen LogP contribution >= 0.6 is 23.1 Å². The molecule has 2 saturated heterocycles. The predicted octanol–water partition coefficient (Wildman–Crippen LogP) is 3.31. The average Bonchev–Trinajstić information content (AvgIpc) is 3.11. The van der Waals surface area contributed by atoms with Crippen LogP contribution in [-0.2, 0) is 9.53 Å². The van der Waals surface area contributed by atoms with Crippen molar-refractivity contribution in [2.45, 2.75) is 47.4 Å². The molecule has 12 heteroatoms. The van der Waals surface area contributed by atoms with Crippen molar-refractivity contribution in [1.29, 1.82) is 0 Å². The smallest absolute Gasteiger partial charge is 0.240 e. The van der Waals surface area contributed by atoms with E-state index in [4.69, 9.17) is 4.74 Å². The van der Waals surface area contributed by atoms with E-state index in [0.717, 1.165) is 36.2 Å². The molecule has 1 N–H and O–H groups in total. The molecule has 2 aliphatic heterocycles. The lowest BCUT2D eigenvalue weighted by atomic mass is 10.2. The number of aromatic nitrogens is 5. The fourth-order valence-corrected chi connectivity index (χ4v) is 6.43. The summed E-state index contributed by atoms with van der Waals surface area (Å²) in [6, 6.07) is 7.34. The number of carbonyl (C=O) groups is 1. The van der Waals surface area contributed by atoms with E-state index >= 15 is 0 Å². The first-order valence-electron chi connectivity index (χ1n) is 11.2. The number of amides is 1. The number of likely N-dealkylation sites (tertiary alicyclic amines) is 1. The number of hydrogen-bond acceptors (Lipinski definition) is 9. The van der Waals surface area contributed by atoms with E-state index in [1.807, 2.05) is 12.1 Å². The number of morpholine rings is 1. The SMILES string of the molecule is O=C(CN1C[C@@H]2C[C@@H]1CO2)Nc1nc2cc(F)c(Sc3nnc4ccc(C5CC5)nn34)cc2s1. The number of halogens is 1. The first kappa shape index (κ1) is 20.7. The molecule has 0 spiro atoms. The minimum absolute atomic E-state index is 0.117. The molecule has 1 amide bonds. The van der Waals surface area contributed by atoms with E-state index in [-0.39, 0.29) is 12.0 Å². The lowest BCUT2D eigenvalue weighted by molar-refractivity contribution is -0.118. The summed E-state index contributed by atoms with van der Waals surface area (Å²) in [6.45, 7) is 1.79. The first-order chi connectivity index (χ1) is 16.6. The molecule has 0 radical (unpaired) electrons. The maximum atomic E-state index is 14.9. The Morgan fingerprint density at radius 3 is 3.00 bits per heavy atom. The summed E-state index contributed by atoms with van der Waals surface area (Å²) in [4.78, 5) is 19.5. The van der Waals surface area contributed by atoms with Crippen molar-refractivity contribution < 1.29 is 13.9 Å². The summed E-state index contributed by atoms with van der Waals surface area (Å²) in [6.07, 6.45) is 3.53. The third kappa shape index (κ3) is 3.74. The molecule has 1 aliphatic carbocycles. The van der Waals surface area contributed by atoms with Gasteiger partial charge in [-0.25, -0.2) is 9.37 Å². The van der Waals surface area contributed by atoms with Crippen LogP contribution in [0.1, 0.15) is 30.9 Å². The number of nitrogens with one attached hydrogen (secondary N) is 1. The number of anilines is 1. The molecule has 3 aliphatic rings. The number of nitrogens with zero attached hydrogens (tertiary/aromatic N) is 6. The van der Waals surface area contributed by atoms with Crippen LogP contribution in [0.2, 0.25) is 0 Å². The van der Waals surface area contributed by atoms with Gasteiger partial charge in [0.05, 0.1) is 40.1 Å². The Morgan fingerprint density at radius 2 is 2.21 bits per heavy atom. The first-order valence-corrected chi connectivity index (χ1v) is 12.9. The Bertz CT molecular complexity index is 1440. The van der Waals surface area contributed by atoms with Gasteiger partial charge in [-0.05, 0) is 49.2 Å². The number of rotatable bonds is 6. The second-order valence-corrected chi connectivity index (χ2v) is 11.0. The van der Waals surface area contributed by atoms with Crippen LogP contribution in [0.3, 0.4) is 0 Å². The Kier molecular flexibility index (Phi) is 4.83. The molecule has 4 aromatic rings. The van der Waals surface area contributed by atoms with Crippen LogP contribution in [0, 0.1) is 5.82 Å². The highest BCUT2D eigenvalue weighted by molar-refractivity contribution is 7.99. The zero-order valence-electron chi connectivity index (χ0n) is 18.0. The number of ether oxygens (including phenoxy) is 1. The van der Waals surface area contributed by atoms with Crippen LogP contribution in [0.15, 0.2) is 34.3 Å². The van der Waals surface area contributed by atoms with Crippen LogP contribution in [-0.4, -0.2) is 67.4 Å². The lowest BCUT2D eigenvalue weighted by Crippen LogP contribution is -2.41. The molecule has 9 nitrogen and oxygen atoms in total. The number of fused-ring (bicyclic) bond motifs is 4. The van der Waals surface area contributed by atoms with Gasteiger partial charge in [0.25, 0.3) is 0 Å². The standard InChI is InChI=1S/C22H20FN7O2S2/c23-14-6-16-18(33-21(24-16)25-20(31)9-29-8-13-5-12(29)10-32-13)7-17(14)34-22-27-26-19-4-3-15(11-1-2-11)28-30(19)22/h3-4,6-7,11-13H,1-2,5,8-10H2,(H,24,25,31)/t12-,13+/m1/s1. The van der Waals surface area contributed by atoms with Gasteiger partial charge in [-0.1, -0.05) is 11.3 Å². The predicted molar refractivity (Wildman–Crippen MR) is 125 cm³/mol. The van der Waals surface area contributed by atoms with Gasteiger partial charge in [-0.3, -0.25) is 9.69 Å². The fraction of sp³-hybridized carbons (Fsp3) is 0.409. The summed E-state index contributed by atoms with van der Waals surface area (Å²) < 4.78 is 23.0. The molecular formula is C22H20FN7O2S2. The molecule has 34 heavy (non-hydrogen) atoms. The molecule has 1 saturated carbocycles. The van der Waals surface area contributed by atoms with Crippen molar-refractivity contribution in [3.8, 4) is 0 Å². The van der Waals surface area contributed by atoms with Crippen LogP contribution in [0.5, 0.6) is 0 Å². The lowest BCUT2D eigenvalue weighted by Gasteiger charge is -2.25. The molecule has 7 rings (SSSR count). The molecule has 3 aromatic heterocycles. The third-order valence-electron chi connectivity index (χ3n) is 6.50. The highest BCUT2D eigenvalue weighted by Crippen LogP contribution is 2.39. The van der Waals surface area contributed by atoms with E-state index in [1.54, 1.807) is 10.6 Å². The zero-order valence-corrected chi connectivity index (χ0v) is 19.6. The highest BCUT2D eigenvalue weighted by atomic mass is 32.2. The van der Waals surface area contributed by atoms with Gasteiger partial charge in [0.15, 0.2) is 10.8 Å². The largest absolute Gasteiger partial charge is 0.375 e. The molecule has 1 aromatic carbocycles. The Hall–Kier alpha value is -2.67. The molecule has 5 heterocycles. The maximum absolute atomic E-state index is 14.9. The highest BCUT2D eigenvalue weighted by Gasteiger charge is 2.39. The topological polar surface area (TPSA) is 97.5 Å². The second-order valence-electron chi connectivity index (χ2n) is 8.98. The third-order valence-corrected chi connectivity index (χ3v) is 8.40. The second kappa shape index (κ2) is 7.94. The molecule has 174 valence electrons. The van der Waals surface area contributed by atoms with Crippen LogP contribution < -0.4 is 5.32 Å². The van der Waals surface area contributed by atoms with Gasteiger partial charge in [-0.15, -0.1) is 10.2 Å². The summed E-state index contributed by atoms with van der Waals surface area (Å²) in [7, 11) is 0. The van der Waals surface area contributed by atoms with E-state index in [2.05, 4.69) is 30.5 Å². The van der Waals surface area contributed by atoms with Gasteiger partial charge in [0, 0.05) is 24.6 Å². The minimum Gasteiger partial charge on any atom is -0.375 e. The molecule has 0 unspecified atom stereocenters. The van der Waals surface area contributed by atoms with E-state index in [9.17, 15) is 9.18 Å². The Morgan fingerprint density at radius 1 is 1.29 bits per heavy atom. The summed E-state index contributed by atoms with van der Waals surface area (Å²) in [5.41, 5.74) is 2.16. The van der Waals surface area contributed by atoms with Crippen molar-refractivity contribution >= 4 is 50.0 Å². The van der Waals surface area contributed by atoms with Crippen molar-refractivity contribution in [2.24, 2.45) is 0 Å². The van der Waals surface area contributed by atoms with Gasteiger partial charge in [-0.2, -0.15) is 9.61 Å². The summed E-state index contributed by atoms with van der Waals surface area (Å²) in [5, 5.41) is 16.9. The normalized spacial score (nSPS) is 22.3. The van der Waals surface area contributed by atoms with Crippen LogP contribution in [0.25, 0.3) is 15.9 Å². The number of benzene rings is 1. The zero-order chi connectivity index (χ0) is 22.8. The number of hydrogen-bond donors (Lipinski definition) is 1. The maximum Gasteiger partial charge on any atom is 0.240 e. The molecular weight excluding hydrogens is 477 g/mol. The van der Waals surface area contributed by atoms with Gasteiger partial charge in [0.1, 0.15) is 5.82 Å². The van der Waals surface area contributed by atoms with Crippen molar-refractivity contribution in [1.82, 2.24) is 29.7 Å². The van der Waals surface area contributed by atoms with E-state index in [0.29, 0.717) is 51.5 Å². The van der Waals surface area contributed by atoms with E-state index in [1.165, 1.54) is 29.2 Å². The van der Waals surface area contributed by atoms with Gasteiger partial charge in [0.2, 0.25) is 11.1 Å². The van der Waals surface area contributed by atoms with Gasteiger partial charge < -0.3 is 10.1 Å². The summed E-state index contributed by atoms with van der Waals surface area (Å²) >= 11 is 2.51. The van der Waals surface area contributed by atoms with Crippen LogP contribution in [0.4, 0.5) is 9.52 Å². The van der Waals surface area contributed by atoms with Crippen molar-refractivity contribution in [3.05, 3.63) is 35.8 Å². The molecule has 2 bridgehead atoms. The number of thiazole rings is 1. The van der Waals surface area contributed by atoms with Crippen molar-refractivity contribution in [2.75, 3.05) is 25.0 Å². The average molecular weight is 498 g/mol.